The zero-order chi connectivity index (χ0) is 30.9. The highest BCUT2D eigenvalue weighted by Crippen LogP contribution is 2.58. The fraction of sp³-hybridized carbons (Fsp3) is 0.0435. The van der Waals surface area contributed by atoms with Crippen LogP contribution in [-0.2, 0) is 0 Å². The Morgan fingerprint density at radius 3 is 1.96 bits per heavy atom. The lowest BCUT2D eigenvalue weighted by Crippen LogP contribution is -2.13. The number of fused-ring (bicyclic) bond motifs is 5. The van der Waals surface area contributed by atoms with E-state index < -0.39 is 0 Å². The lowest BCUT2D eigenvalue weighted by Gasteiger charge is -2.31. The Morgan fingerprint density at radius 1 is 0.383 bits per heavy atom. The van der Waals surface area contributed by atoms with E-state index in [0.29, 0.717) is 11.8 Å². The second-order valence-electron chi connectivity index (χ2n) is 12.9. The summed E-state index contributed by atoms with van der Waals surface area (Å²) in [6.45, 7) is 0. The molecule has 1 heteroatoms. The van der Waals surface area contributed by atoms with E-state index >= 15 is 0 Å². The summed E-state index contributed by atoms with van der Waals surface area (Å²) in [4.78, 5) is 2.41. The van der Waals surface area contributed by atoms with E-state index in [1.807, 2.05) is 0 Å². The van der Waals surface area contributed by atoms with Crippen LogP contribution in [0.3, 0.4) is 0 Å². The van der Waals surface area contributed by atoms with Gasteiger partial charge in [-0.05, 0) is 109 Å². The monoisotopic (exact) mass is 597 g/mol. The third-order valence-corrected chi connectivity index (χ3v) is 10.3. The Hall–Kier alpha value is -5.92. The Bertz CT molecular complexity index is 2430. The molecule has 0 aliphatic heterocycles. The Labute approximate surface area is 275 Å². The van der Waals surface area contributed by atoms with Gasteiger partial charge in [-0.3, -0.25) is 0 Å². The first-order valence-electron chi connectivity index (χ1n) is 16.5. The van der Waals surface area contributed by atoms with Gasteiger partial charge in [-0.25, -0.2) is 0 Å². The first-order valence-corrected chi connectivity index (χ1v) is 16.5. The molecule has 0 aromatic heterocycles. The van der Waals surface area contributed by atoms with Crippen molar-refractivity contribution in [1.29, 1.82) is 0 Å². The molecule has 0 N–H and O–H groups in total. The van der Waals surface area contributed by atoms with Gasteiger partial charge in [0.25, 0.3) is 0 Å². The molecule has 7 aromatic carbocycles. The van der Waals surface area contributed by atoms with Gasteiger partial charge < -0.3 is 4.90 Å². The van der Waals surface area contributed by atoms with Gasteiger partial charge in [0.15, 0.2) is 0 Å². The molecule has 6 bridgehead atoms. The molecule has 220 valence electrons. The Kier molecular flexibility index (Phi) is 5.77. The highest BCUT2D eigenvalue weighted by molar-refractivity contribution is 6.03. The number of nitrogens with zero attached hydrogens (tertiary/aromatic N) is 1. The minimum Gasteiger partial charge on any atom is -0.310 e. The molecular formula is C46H31N. The number of anilines is 3. The summed E-state index contributed by atoms with van der Waals surface area (Å²) in [7, 11) is 0. The normalized spacial score (nSPS) is 16.3. The second kappa shape index (κ2) is 10.3. The third-order valence-electron chi connectivity index (χ3n) is 10.3. The van der Waals surface area contributed by atoms with E-state index in [2.05, 4.69) is 181 Å². The van der Waals surface area contributed by atoms with Crippen LogP contribution in [0.25, 0.3) is 55.3 Å². The number of benzene rings is 7. The summed E-state index contributed by atoms with van der Waals surface area (Å²) in [6.07, 6.45) is 9.27. The van der Waals surface area contributed by atoms with Gasteiger partial charge in [-0.1, -0.05) is 133 Å². The van der Waals surface area contributed by atoms with Crippen molar-refractivity contribution in [3.05, 3.63) is 187 Å². The topological polar surface area (TPSA) is 3.24 Å². The van der Waals surface area contributed by atoms with E-state index in [1.165, 1.54) is 66.4 Å². The zero-order valence-electron chi connectivity index (χ0n) is 25.8. The predicted molar refractivity (Wildman–Crippen MR) is 198 cm³/mol. The molecule has 1 nitrogen and oxygen atoms in total. The molecule has 0 amide bonds. The van der Waals surface area contributed by atoms with Crippen LogP contribution >= 0.6 is 0 Å². The van der Waals surface area contributed by atoms with Crippen molar-refractivity contribution in [2.24, 2.45) is 0 Å². The van der Waals surface area contributed by atoms with Gasteiger partial charge >= 0.3 is 0 Å². The van der Waals surface area contributed by atoms with Crippen molar-refractivity contribution in [2.75, 3.05) is 4.90 Å². The first-order chi connectivity index (χ1) is 23.3. The fourth-order valence-corrected chi connectivity index (χ4v) is 8.28. The number of para-hydroxylation sites is 1. The van der Waals surface area contributed by atoms with Crippen molar-refractivity contribution < 1.29 is 0 Å². The van der Waals surface area contributed by atoms with Crippen molar-refractivity contribution in [3.8, 4) is 44.5 Å². The van der Waals surface area contributed by atoms with E-state index in [1.54, 1.807) is 0 Å². The van der Waals surface area contributed by atoms with E-state index in [4.69, 9.17) is 0 Å². The standard InChI is InChI=1S/C46H31N/c1-2-14-34(15-3-1)47(35-16-8-13-32(28-35)33-24-23-30-11-4-5-12-31(30)27-33)36-25-26-38-41-20-10-21-42-43-22-9-19-40(46(43)44(38)29-36)37-17-6-7-18-39(37)45(41)42/h1-29,37,39H. The minimum absolute atomic E-state index is 0.318. The van der Waals surface area contributed by atoms with E-state index in [-0.39, 0.29) is 0 Å². The molecule has 0 spiro atoms. The van der Waals surface area contributed by atoms with Crippen LogP contribution in [0.4, 0.5) is 17.1 Å². The van der Waals surface area contributed by atoms with Crippen LogP contribution in [0.5, 0.6) is 0 Å². The van der Waals surface area contributed by atoms with Crippen LogP contribution < -0.4 is 4.90 Å². The summed E-state index contributed by atoms with van der Waals surface area (Å²) in [5.41, 5.74) is 16.8. The molecule has 2 atom stereocenters. The zero-order valence-corrected chi connectivity index (χ0v) is 25.8. The SMILES string of the molecule is C1=CC2c3cccc4c3-c3cc(N(c5ccccc5)c5cccc(-c6ccc7ccccc7c6)c5)ccc3-c3cccc-4c3C2C=C1. The number of allylic oxidation sites excluding steroid dienone is 4. The summed E-state index contributed by atoms with van der Waals surface area (Å²) in [6, 6.07) is 56.0. The average molecular weight is 598 g/mol. The molecule has 3 aliphatic carbocycles. The van der Waals surface area contributed by atoms with Gasteiger partial charge in [-0.15, -0.1) is 0 Å². The third kappa shape index (κ3) is 4.03. The van der Waals surface area contributed by atoms with Crippen molar-refractivity contribution in [2.45, 2.75) is 11.8 Å². The van der Waals surface area contributed by atoms with E-state index in [9.17, 15) is 0 Å². The fourth-order valence-electron chi connectivity index (χ4n) is 8.28. The van der Waals surface area contributed by atoms with Gasteiger partial charge in [0.1, 0.15) is 0 Å². The molecule has 0 radical (unpaired) electrons. The minimum atomic E-state index is 0.318. The molecule has 0 saturated carbocycles. The van der Waals surface area contributed by atoms with Crippen molar-refractivity contribution >= 4 is 27.8 Å². The van der Waals surface area contributed by atoms with Gasteiger partial charge in [0.2, 0.25) is 0 Å². The molecule has 10 rings (SSSR count). The molecule has 0 saturated heterocycles. The van der Waals surface area contributed by atoms with Gasteiger partial charge in [-0.2, -0.15) is 0 Å². The smallest absolute Gasteiger partial charge is 0.0468 e. The van der Waals surface area contributed by atoms with Crippen LogP contribution in [0.1, 0.15) is 23.0 Å². The Balaban J connectivity index is 1.19. The maximum atomic E-state index is 2.44. The highest BCUT2D eigenvalue weighted by atomic mass is 15.1. The first kappa shape index (κ1) is 26.3. The van der Waals surface area contributed by atoms with Gasteiger partial charge in [0, 0.05) is 28.9 Å². The largest absolute Gasteiger partial charge is 0.310 e. The summed E-state index contributed by atoms with van der Waals surface area (Å²) < 4.78 is 0. The quantitative estimate of drug-likeness (QED) is 0.195. The number of rotatable bonds is 4. The van der Waals surface area contributed by atoms with Crippen LogP contribution in [0, 0.1) is 0 Å². The van der Waals surface area contributed by atoms with Crippen molar-refractivity contribution in [3.63, 3.8) is 0 Å². The molecule has 3 aliphatic rings. The summed E-state index contributed by atoms with van der Waals surface area (Å²) >= 11 is 0. The second-order valence-corrected chi connectivity index (χ2v) is 12.9. The Morgan fingerprint density at radius 2 is 1.06 bits per heavy atom. The van der Waals surface area contributed by atoms with E-state index in [0.717, 1.165) is 17.1 Å². The predicted octanol–water partition coefficient (Wildman–Crippen LogP) is 12.6. The number of hydrogen-bond acceptors (Lipinski definition) is 1. The lowest BCUT2D eigenvalue weighted by molar-refractivity contribution is 0.738. The van der Waals surface area contributed by atoms with Crippen molar-refractivity contribution in [1.82, 2.24) is 0 Å². The van der Waals surface area contributed by atoms with Crippen LogP contribution in [0.2, 0.25) is 0 Å². The molecule has 0 heterocycles. The molecule has 7 aromatic rings. The molecule has 0 fully saturated rings. The molecule has 2 unspecified atom stereocenters. The summed E-state index contributed by atoms with van der Waals surface area (Å²) in [5, 5.41) is 2.51. The summed E-state index contributed by atoms with van der Waals surface area (Å²) in [5.74, 6) is 0.648. The highest BCUT2D eigenvalue weighted by Gasteiger charge is 2.37. The maximum absolute atomic E-state index is 2.44. The lowest BCUT2D eigenvalue weighted by atomic mass is 9.73. The van der Waals surface area contributed by atoms with Gasteiger partial charge in [0.05, 0.1) is 0 Å². The van der Waals surface area contributed by atoms with Crippen LogP contribution in [0.15, 0.2) is 176 Å². The van der Waals surface area contributed by atoms with Crippen LogP contribution in [-0.4, -0.2) is 0 Å². The average Bonchev–Trinajstić information content (AvgIpc) is 3.25. The molecular weight excluding hydrogens is 567 g/mol. The number of hydrogen-bond donors (Lipinski definition) is 0. The molecule has 47 heavy (non-hydrogen) atoms. The maximum Gasteiger partial charge on any atom is 0.0468 e.